The van der Waals surface area contributed by atoms with Gasteiger partial charge in [0.1, 0.15) is 10.6 Å². The highest BCUT2D eigenvalue weighted by Gasteiger charge is 2.33. The van der Waals surface area contributed by atoms with Gasteiger partial charge in [-0.15, -0.1) is 11.3 Å². The van der Waals surface area contributed by atoms with E-state index < -0.39 is 11.7 Å². The van der Waals surface area contributed by atoms with E-state index >= 15 is 0 Å². The van der Waals surface area contributed by atoms with Gasteiger partial charge in [-0.1, -0.05) is 19.1 Å². The van der Waals surface area contributed by atoms with Gasteiger partial charge in [0.25, 0.3) is 0 Å². The fourth-order valence-electron chi connectivity index (χ4n) is 2.18. The van der Waals surface area contributed by atoms with Crippen molar-refractivity contribution in [1.82, 2.24) is 9.97 Å². The third kappa shape index (κ3) is 3.25. The van der Waals surface area contributed by atoms with E-state index in [1.807, 2.05) is 13.0 Å². The number of benzene rings is 1. The van der Waals surface area contributed by atoms with Crippen molar-refractivity contribution in [3.8, 4) is 0 Å². The minimum atomic E-state index is -4.46. The van der Waals surface area contributed by atoms with Crippen molar-refractivity contribution in [2.24, 2.45) is 0 Å². The third-order valence-electron chi connectivity index (χ3n) is 3.25. The van der Waals surface area contributed by atoms with Gasteiger partial charge >= 0.3 is 6.18 Å². The first kappa shape index (κ1) is 16.0. The van der Waals surface area contributed by atoms with Gasteiger partial charge in [-0.25, -0.2) is 4.98 Å². The van der Waals surface area contributed by atoms with Crippen LogP contribution in [0.25, 0.3) is 10.2 Å². The van der Waals surface area contributed by atoms with Gasteiger partial charge in [0.2, 0.25) is 5.28 Å². The molecule has 23 heavy (non-hydrogen) atoms. The van der Waals surface area contributed by atoms with E-state index in [4.69, 9.17) is 11.6 Å². The van der Waals surface area contributed by atoms with Gasteiger partial charge in [0.05, 0.1) is 16.6 Å². The molecule has 0 aliphatic rings. The van der Waals surface area contributed by atoms with Crippen LogP contribution < -0.4 is 5.32 Å². The Labute approximate surface area is 139 Å². The Morgan fingerprint density at radius 1 is 1.22 bits per heavy atom. The second-order valence-corrected chi connectivity index (χ2v) is 6.25. The Morgan fingerprint density at radius 3 is 2.65 bits per heavy atom. The molecule has 0 unspecified atom stereocenters. The summed E-state index contributed by atoms with van der Waals surface area (Å²) in [5, 5.41) is 3.41. The molecular formula is C15H11ClF3N3S. The molecule has 0 saturated heterocycles. The highest BCUT2D eigenvalue weighted by Crippen LogP contribution is 2.37. The number of fused-ring (bicyclic) bond motifs is 1. The maximum Gasteiger partial charge on any atom is 0.418 e. The summed E-state index contributed by atoms with van der Waals surface area (Å²) in [6.45, 7) is 1.99. The Morgan fingerprint density at radius 2 is 1.96 bits per heavy atom. The van der Waals surface area contributed by atoms with Crippen LogP contribution in [-0.2, 0) is 12.6 Å². The van der Waals surface area contributed by atoms with E-state index in [0.717, 1.165) is 17.4 Å². The van der Waals surface area contributed by atoms with Crippen molar-refractivity contribution in [3.05, 3.63) is 46.1 Å². The lowest BCUT2D eigenvalue weighted by Crippen LogP contribution is -2.09. The van der Waals surface area contributed by atoms with E-state index in [0.29, 0.717) is 10.2 Å². The molecule has 0 aliphatic carbocycles. The van der Waals surface area contributed by atoms with Crippen LogP contribution in [0, 0.1) is 0 Å². The van der Waals surface area contributed by atoms with Gasteiger partial charge in [0.15, 0.2) is 0 Å². The molecule has 0 radical (unpaired) electrons. The lowest BCUT2D eigenvalue weighted by atomic mass is 10.1. The van der Waals surface area contributed by atoms with Crippen LogP contribution >= 0.6 is 22.9 Å². The molecule has 0 bridgehead atoms. The Hall–Kier alpha value is -1.86. The van der Waals surface area contributed by atoms with Gasteiger partial charge in [-0.3, -0.25) is 0 Å². The first-order valence-electron chi connectivity index (χ1n) is 6.77. The number of nitrogens with zero attached hydrogens (tertiary/aromatic N) is 2. The topological polar surface area (TPSA) is 37.8 Å². The summed E-state index contributed by atoms with van der Waals surface area (Å²) in [6.07, 6.45) is -3.65. The predicted octanol–water partition coefficient (Wildman–Crippen LogP) is 5.67. The Balaban J connectivity index is 2.11. The number of anilines is 2. The van der Waals surface area contributed by atoms with Gasteiger partial charge in [-0.05, 0) is 36.2 Å². The number of aromatic nitrogens is 2. The van der Waals surface area contributed by atoms with Gasteiger partial charge in [-0.2, -0.15) is 18.2 Å². The third-order valence-corrected chi connectivity index (χ3v) is 4.59. The van der Waals surface area contributed by atoms with E-state index in [-0.39, 0.29) is 16.8 Å². The minimum Gasteiger partial charge on any atom is -0.339 e. The predicted molar refractivity (Wildman–Crippen MR) is 86.5 cm³/mol. The maximum atomic E-state index is 13.1. The summed E-state index contributed by atoms with van der Waals surface area (Å²) >= 11 is 7.34. The molecule has 3 rings (SSSR count). The number of hydrogen-bond donors (Lipinski definition) is 1. The van der Waals surface area contributed by atoms with Gasteiger partial charge < -0.3 is 5.32 Å². The fraction of sp³-hybridized carbons (Fsp3) is 0.200. The van der Waals surface area contributed by atoms with E-state index in [2.05, 4.69) is 15.3 Å². The molecule has 3 aromatic rings. The van der Waals surface area contributed by atoms with Crippen LogP contribution in [0.4, 0.5) is 24.7 Å². The Kier molecular flexibility index (Phi) is 4.16. The zero-order chi connectivity index (χ0) is 16.6. The number of thiophene rings is 1. The van der Waals surface area contributed by atoms with Crippen molar-refractivity contribution < 1.29 is 13.2 Å². The van der Waals surface area contributed by atoms with Crippen LogP contribution in [0.5, 0.6) is 0 Å². The zero-order valence-corrected chi connectivity index (χ0v) is 13.5. The van der Waals surface area contributed by atoms with E-state index in [1.54, 1.807) is 0 Å². The monoisotopic (exact) mass is 357 g/mol. The first-order chi connectivity index (χ1) is 10.9. The molecule has 3 nitrogen and oxygen atoms in total. The summed E-state index contributed by atoms with van der Waals surface area (Å²) in [7, 11) is 0. The molecule has 0 fully saturated rings. The van der Waals surface area contributed by atoms with Crippen LogP contribution in [0.3, 0.4) is 0 Å². The summed E-state index contributed by atoms with van der Waals surface area (Å²) < 4.78 is 39.3. The van der Waals surface area contributed by atoms with Crippen molar-refractivity contribution in [2.75, 3.05) is 5.32 Å². The van der Waals surface area contributed by atoms with Crippen LogP contribution in [0.2, 0.25) is 5.28 Å². The average molecular weight is 358 g/mol. The molecule has 1 aromatic carbocycles. The molecule has 0 spiro atoms. The standard InChI is InChI=1S/C15H11ClF3N3S/c1-2-8-7-9-12(21-14(16)22-13(9)23-8)20-11-6-4-3-5-10(11)15(17,18)19/h3-7H,2H2,1H3,(H,20,21,22). The summed E-state index contributed by atoms with van der Waals surface area (Å²) in [5.74, 6) is 0.271. The molecule has 120 valence electrons. The number of hydrogen-bond acceptors (Lipinski definition) is 4. The maximum absolute atomic E-state index is 13.1. The number of nitrogens with one attached hydrogen (secondary N) is 1. The van der Waals surface area contributed by atoms with Crippen molar-refractivity contribution in [3.63, 3.8) is 0 Å². The molecule has 2 heterocycles. The van der Waals surface area contributed by atoms with Gasteiger partial charge in [0, 0.05) is 4.88 Å². The van der Waals surface area contributed by atoms with Crippen molar-refractivity contribution >= 4 is 44.7 Å². The summed E-state index contributed by atoms with van der Waals surface area (Å²) in [5.41, 5.74) is -0.825. The average Bonchev–Trinajstić information content (AvgIpc) is 2.90. The fourth-order valence-corrected chi connectivity index (χ4v) is 3.37. The second-order valence-electron chi connectivity index (χ2n) is 4.79. The SMILES string of the molecule is CCc1cc2c(Nc3ccccc3C(F)(F)F)nc(Cl)nc2s1. The van der Waals surface area contributed by atoms with Crippen LogP contribution in [-0.4, -0.2) is 9.97 Å². The van der Waals surface area contributed by atoms with Crippen molar-refractivity contribution in [2.45, 2.75) is 19.5 Å². The lowest BCUT2D eigenvalue weighted by molar-refractivity contribution is -0.136. The minimum absolute atomic E-state index is 0.00556. The Bertz CT molecular complexity index is 861. The highest BCUT2D eigenvalue weighted by molar-refractivity contribution is 7.18. The molecular weight excluding hydrogens is 347 g/mol. The largest absolute Gasteiger partial charge is 0.418 e. The zero-order valence-electron chi connectivity index (χ0n) is 11.9. The van der Waals surface area contributed by atoms with Crippen LogP contribution in [0.15, 0.2) is 30.3 Å². The number of para-hydroxylation sites is 1. The number of halogens is 4. The molecule has 1 N–H and O–H groups in total. The number of alkyl halides is 3. The number of rotatable bonds is 3. The molecule has 0 aliphatic heterocycles. The summed E-state index contributed by atoms with van der Waals surface area (Å²) in [4.78, 5) is 9.88. The molecule has 0 atom stereocenters. The molecule has 0 amide bonds. The van der Waals surface area contributed by atoms with Crippen LogP contribution in [0.1, 0.15) is 17.4 Å². The second kappa shape index (κ2) is 5.98. The van der Waals surface area contributed by atoms with Crippen molar-refractivity contribution in [1.29, 1.82) is 0 Å². The van der Waals surface area contributed by atoms with E-state index in [9.17, 15) is 13.2 Å². The molecule has 8 heteroatoms. The lowest BCUT2D eigenvalue weighted by Gasteiger charge is -2.14. The molecule has 0 saturated carbocycles. The quantitative estimate of drug-likeness (QED) is 0.614. The number of aryl methyl sites for hydroxylation is 1. The highest BCUT2D eigenvalue weighted by atomic mass is 35.5. The normalized spacial score (nSPS) is 11.9. The smallest absolute Gasteiger partial charge is 0.339 e. The first-order valence-corrected chi connectivity index (χ1v) is 7.97. The van der Waals surface area contributed by atoms with E-state index in [1.165, 1.54) is 29.5 Å². The molecule has 2 aromatic heterocycles. The summed E-state index contributed by atoms with van der Waals surface area (Å²) in [6, 6.07) is 7.12.